The van der Waals surface area contributed by atoms with Gasteiger partial charge in [-0.2, -0.15) is 0 Å². The van der Waals surface area contributed by atoms with E-state index in [2.05, 4.69) is 90.1 Å². The summed E-state index contributed by atoms with van der Waals surface area (Å²) in [6.07, 6.45) is 24.4. The molecule has 33 nitrogen and oxygen atoms in total. The van der Waals surface area contributed by atoms with Crippen LogP contribution in [0, 0.1) is 0 Å². The van der Waals surface area contributed by atoms with Gasteiger partial charge in [0, 0.05) is 74.7 Å². The molecule has 3 aromatic rings. The van der Waals surface area contributed by atoms with Crippen molar-refractivity contribution in [3.05, 3.63) is 209 Å². The average molecular weight is 2160 g/mol. The van der Waals surface area contributed by atoms with Gasteiger partial charge in [-0.25, -0.2) is 33.6 Å². The van der Waals surface area contributed by atoms with Crippen molar-refractivity contribution in [1.29, 1.82) is 0 Å². The Labute approximate surface area is 1080 Å². The van der Waals surface area contributed by atoms with Crippen LogP contribution in [-0.4, -0.2) is 222 Å². The first-order chi connectivity index (χ1) is 60.3. The van der Waals surface area contributed by atoms with Gasteiger partial charge in [0.1, 0.15) is 32.4 Å². The average Bonchev–Trinajstić information content (AvgIpc) is 0.710. The van der Waals surface area contributed by atoms with Gasteiger partial charge in [0.15, 0.2) is 17.4 Å². The van der Waals surface area contributed by atoms with Crippen molar-refractivity contribution in [3.63, 3.8) is 0 Å². The standard InChI is InChI=1S/C19H18BrOP.C10H14O3.C9H14O2.C8H14O3.C8H12O2.C5H10O3.C5H10O2.2C5H8O2.C4H9O.C4H8O.C3H8O2.C3H6O.C2H4O.2CH2O3.CH4O.Al.5K.Li.Na.6H/c20-22(16-21,17-10-4-1-5-11-17,18-12-6-2-7-13-18)19-14-8-3-9-15-19;1-5-7(3)9(11)13-10(12)8(4)6-2;1-4-6-7-11-9(10)8(3)5-2;1-4-7(2)8(9)11-6-5-10-3;1-4-6-10-8(9)7(3)5-2;1-3-8-5(6)4-7-2;1-3-5(6)7-4-2;2*1-3-4(2)5(6)7;1-4(2,3)5;1-2-3-4-5;1-5-3-2-4;1-2-3-4;1-2-3;2*2-1-4-3;1-2;;;;;;;;;;;;;;/h1-15,21H,16H2;5-6H,1-4H3;4-6H,7H2,1-3H3;4H,5-6H2,1-3H3;4-6H,1-3H3;3-4H2,1-2H3;3-4H2,1-2H3;2*3H,1-2H3,(H,6,7);1-3H3;2-3,5H,4H2,1H3;4H,2-3H2,1H3;3H,2H2,1H3;2H,1H3;2*1,3H;2H,1H3;;;;;;;;;;;;;;/q;;;;;;;;;-1;;;;;;;;;7*+1;;;;3*-1/p-3/b;7-5+,8-6+;6-4+,8-5+;7-4+;6-4+,7-5+;;;2*4-3+;;3-2+;;;;;;;;;;;;;;;;;;;;. The molecule has 0 fully saturated rings. The van der Waals surface area contributed by atoms with Crippen molar-refractivity contribution in [2.24, 2.45) is 0 Å². The Bertz CT molecular complexity index is 3460. The zero-order chi connectivity index (χ0) is 103. The summed E-state index contributed by atoms with van der Waals surface area (Å²) in [5, 5.41) is 78.7. The Kier molecular flexibility index (Phi) is 207. The minimum absolute atomic E-state index is 0. The van der Waals surface area contributed by atoms with E-state index in [0.29, 0.717) is 85.9 Å². The zero-order valence-electron chi connectivity index (χ0n) is 90.5. The van der Waals surface area contributed by atoms with Crippen LogP contribution in [0.4, 0.5) is 0 Å². The monoisotopic (exact) mass is 2160 g/mol. The topological polar surface area (TPSA) is 517 Å². The van der Waals surface area contributed by atoms with Gasteiger partial charge in [0.2, 0.25) is 0 Å². The first-order valence-electron chi connectivity index (χ1n) is 39.3. The van der Waals surface area contributed by atoms with E-state index in [0.717, 1.165) is 35.6 Å². The van der Waals surface area contributed by atoms with E-state index in [1.807, 2.05) is 88.4 Å². The van der Waals surface area contributed by atoms with Crippen LogP contribution in [0.25, 0.3) is 0 Å². The maximum absolute atomic E-state index is 11.1. The molecule has 0 aliphatic carbocycles. The maximum atomic E-state index is 11.1. The van der Waals surface area contributed by atoms with E-state index in [4.69, 9.17) is 59.5 Å². The molecule has 43 heteroatoms. The zero-order valence-corrected chi connectivity index (χ0v) is 108. The molecule has 0 aliphatic heterocycles. The normalized spacial score (nSPS) is 10.0. The molecule has 136 heavy (non-hydrogen) atoms. The van der Waals surface area contributed by atoms with Crippen LogP contribution in [0.5, 0.6) is 0 Å². The molecule has 3 rings (SSSR count). The molecule has 0 saturated carbocycles. The van der Waals surface area contributed by atoms with Crippen molar-refractivity contribution in [2.75, 3.05) is 94.2 Å². The molecule has 0 atom stereocenters. The second-order valence-electron chi connectivity index (χ2n) is 23.7. The van der Waals surface area contributed by atoms with Crippen LogP contribution in [0.15, 0.2) is 209 Å². The van der Waals surface area contributed by atoms with Crippen LogP contribution in [0.2, 0.25) is 0 Å². The third-order valence-electron chi connectivity index (χ3n) is 13.1. The van der Waals surface area contributed by atoms with E-state index < -0.39 is 34.8 Å². The molecule has 0 aliphatic rings. The Morgan fingerprint density at radius 1 is 0.463 bits per heavy atom. The van der Waals surface area contributed by atoms with Crippen molar-refractivity contribution in [3.8, 4) is 0 Å². The number of aliphatic hydroxyl groups is 4. The number of carbonyl (C=O) groups is 13. The van der Waals surface area contributed by atoms with Crippen molar-refractivity contribution < 1.29 is 471 Å². The molecule has 0 saturated heterocycles. The van der Waals surface area contributed by atoms with Crippen molar-refractivity contribution in [1.82, 2.24) is 0 Å². The van der Waals surface area contributed by atoms with Gasteiger partial charge < -0.3 is 112 Å². The summed E-state index contributed by atoms with van der Waals surface area (Å²) in [4.78, 5) is 135. The first kappa shape index (κ1) is 190. The Morgan fingerprint density at radius 3 is 0.941 bits per heavy atom. The Balaban J connectivity index is -0.0000000443. The summed E-state index contributed by atoms with van der Waals surface area (Å²) < 4.78 is 41.5. The Hall–Kier alpha value is -0.408. The number of aliphatic hydroxyl groups excluding tert-OH is 4. The van der Waals surface area contributed by atoms with Crippen LogP contribution in [0.1, 0.15) is 190 Å². The molecular formula is C93H154AlBrK5LiNaO33P. The van der Waals surface area contributed by atoms with E-state index in [1.165, 1.54) is 33.3 Å². The summed E-state index contributed by atoms with van der Waals surface area (Å²) in [7, 11) is 5.57. The molecule has 746 valence electrons. The molecule has 5 N–H and O–H groups in total. The van der Waals surface area contributed by atoms with Gasteiger partial charge in [-0.05, 0) is 144 Å². The van der Waals surface area contributed by atoms with Gasteiger partial charge in [-0.15, -0.1) is 5.60 Å². The summed E-state index contributed by atoms with van der Waals surface area (Å²) in [5.74, 6) is -4.36. The van der Waals surface area contributed by atoms with Gasteiger partial charge in [-0.3, -0.25) is 14.4 Å². The van der Waals surface area contributed by atoms with Crippen LogP contribution >= 0.6 is 20.8 Å². The van der Waals surface area contributed by atoms with E-state index in [9.17, 15) is 63.3 Å². The number of hydrogen-bond donors (Lipinski definition) is 5. The fraction of sp³-hybridized carbons (Fsp3) is 0.452. The van der Waals surface area contributed by atoms with Gasteiger partial charge in [0.25, 0.3) is 12.9 Å². The quantitative estimate of drug-likeness (QED) is 0.00366. The second kappa shape index (κ2) is 148. The third kappa shape index (κ3) is 140. The third-order valence-corrected chi connectivity index (χ3v) is 22.1. The number of aldehydes is 2. The van der Waals surface area contributed by atoms with E-state index in [1.54, 1.807) is 207 Å². The van der Waals surface area contributed by atoms with Crippen LogP contribution in [0.3, 0.4) is 0 Å². The number of methoxy groups -OCH3 is 3. The number of benzene rings is 3. The minimum Gasteiger partial charge on any atom is -1.00 e. The van der Waals surface area contributed by atoms with Gasteiger partial charge in [0.05, 0.1) is 51.9 Å². The largest absolute Gasteiger partial charge is 1.00 e. The maximum Gasteiger partial charge on any atom is 1.00 e. The summed E-state index contributed by atoms with van der Waals surface area (Å²) in [6, 6.07) is 30.8. The van der Waals surface area contributed by atoms with Gasteiger partial charge >= 0.3 is 492 Å². The van der Waals surface area contributed by atoms with Crippen molar-refractivity contribution in [2.45, 2.75) is 192 Å². The molecule has 0 bridgehead atoms. The summed E-state index contributed by atoms with van der Waals surface area (Å²) in [6.45, 7) is 45.1. The number of carboxylic acid groups (broad SMARTS) is 2. The van der Waals surface area contributed by atoms with Crippen LogP contribution < -0.4 is 342 Å². The Morgan fingerprint density at radius 2 is 0.757 bits per heavy atom. The molecule has 0 spiro atoms. The summed E-state index contributed by atoms with van der Waals surface area (Å²) >= 11 is 4.10. The number of carboxylic acids is 2. The smallest absolute Gasteiger partial charge is 1.00 e. The predicted molar refractivity (Wildman–Crippen MR) is 510 cm³/mol. The minimum atomic E-state index is -3.03. The second-order valence-corrected chi connectivity index (χ2v) is 32.6. The molecule has 0 aromatic heterocycles. The van der Waals surface area contributed by atoms with Crippen LogP contribution in [-0.2, 0) is 115 Å². The van der Waals surface area contributed by atoms with E-state index in [-0.39, 0.29) is 402 Å². The molecule has 0 unspecified atom stereocenters. The number of rotatable bonds is 28. The number of hydrogen-bond acceptors (Lipinski definition) is 32. The number of ether oxygens (including phenoxy) is 9. The molecular weight excluding hydrogens is 2010 g/mol. The van der Waals surface area contributed by atoms with Crippen molar-refractivity contribution >= 4 is 133 Å². The fourth-order valence-corrected chi connectivity index (χ4v) is 11.5. The number of aliphatic carboxylic acids is 2. The number of halogens is 1. The van der Waals surface area contributed by atoms with Gasteiger partial charge in [-0.1, -0.05) is 108 Å². The SMILES string of the molecule is C/C=C(\C)C(=O)O.C/C=C(\C)C(=O)OC(=O)/C(C)=C/C.C/C=C(\C)C(=O)OCCOC.C/C=C(\C)C(=O)[O-].C/C=C/CO.C/C=C/COC(=O)/C(C)=C/C.C/C=C/OC(=O)/C(C)=C/C.CC(C)(C)[O-].CC=O.CCC=O.CCOC(=O)CC.CCOC(=O)COC.CO.COCCO.O=CO[O-].O=CO[O-].OCP(Br)(c1ccccc1)(c1ccccc1)c1ccccc1.[AlH3].[H-].[H-].[H-].[K+].[K+].[K+].[K+].[K+].[Li+].[Na+]. The number of carbonyl (C=O) groups excluding carboxylic acids is 12. The molecule has 0 radical (unpaired) electrons. The summed E-state index contributed by atoms with van der Waals surface area (Å²) in [5.41, 5.74) is 2.67. The first-order valence-corrected chi connectivity index (χ1v) is 43.7. The molecule has 3 aromatic carbocycles. The fourth-order valence-electron chi connectivity index (χ4n) is 5.65. The predicted octanol–water partition coefficient (Wildman–Crippen LogP) is -11.3. The number of esters is 7. The molecule has 0 amide bonds. The molecule has 0 heterocycles. The number of allylic oxidation sites excluding steroid dienone is 10. The van der Waals surface area contributed by atoms with E-state index >= 15 is 0 Å².